The molecule has 1 fully saturated rings. The number of aromatic nitrogens is 1. The summed E-state index contributed by atoms with van der Waals surface area (Å²) in [6, 6.07) is 3.64. The van der Waals surface area contributed by atoms with E-state index in [-0.39, 0.29) is 17.0 Å². The number of carboxylic acids is 1. The summed E-state index contributed by atoms with van der Waals surface area (Å²) in [4.78, 5) is 25.6. The molecule has 0 aliphatic carbocycles. The van der Waals surface area contributed by atoms with Crippen LogP contribution in [0.25, 0.3) is 11.3 Å². The van der Waals surface area contributed by atoms with Crippen LogP contribution in [0.5, 0.6) is 0 Å². The molecule has 1 aliphatic rings. The lowest BCUT2D eigenvalue weighted by molar-refractivity contribution is -0.144. The summed E-state index contributed by atoms with van der Waals surface area (Å²) in [5.41, 5.74) is -0.132. The Labute approximate surface area is 147 Å². The smallest absolute Gasteiger partial charge is 0.309 e. The molecule has 0 radical (unpaired) electrons. The second-order valence-corrected chi connectivity index (χ2v) is 6.28. The monoisotopic (exact) mass is 365 g/mol. The van der Waals surface area contributed by atoms with Gasteiger partial charge in [-0.05, 0) is 32.1 Å². The maximum atomic E-state index is 13.8. The van der Waals surface area contributed by atoms with Crippen LogP contribution < -0.4 is 5.32 Å². The molecule has 26 heavy (non-hydrogen) atoms. The highest BCUT2D eigenvalue weighted by Crippen LogP contribution is 2.24. The zero-order valence-electron chi connectivity index (χ0n) is 13.9. The van der Waals surface area contributed by atoms with Crippen molar-refractivity contribution in [3.8, 4) is 11.3 Å². The van der Waals surface area contributed by atoms with Crippen LogP contribution >= 0.6 is 0 Å². The van der Waals surface area contributed by atoms with Crippen LogP contribution in [-0.4, -0.2) is 53.2 Å². The van der Waals surface area contributed by atoms with E-state index in [0.29, 0.717) is 25.6 Å². The Bertz CT molecular complexity index is 839. The van der Waals surface area contributed by atoms with Gasteiger partial charge in [0, 0.05) is 24.7 Å². The number of aliphatic carboxylic acids is 1. The van der Waals surface area contributed by atoms with Gasteiger partial charge in [-0.3, -0.25) is 9.59 Å². The van der Waals surface area contributed by atoms with E-state index in [1.54, 1.807) is 0 Å². The number of hydrogen-bond acceptors (Lipinski definition) is 5. The first kappa shape index (κ1) is 18.0. The first-order valence-electron chi connectivity index (χ1n) is 7.99. The minimum Gasteiger partial charge on any atom is -0.481 e. The zero-order valence-corrected chi connectivity index (χ0v) is 13.9. The number of carboxylic acid groups (broad SMARTS) is 1. The number of benzene rings is 1. The molecule has 0 saturated carbocycles. The lowest BCUT2D eigenvalue weighted by Gasteiger charge is -2.34. The fourth-order valence-electron chi connectivity index (χ4n) is 2.98. The highest BCUT2D eigenvalue weighted by atomic mass is 19.1. The SMILES string of the molecule is CN1CCC(NC(=O)c2cc(-c3ccc(F)cc3F)on2)C(C(=O)O)C1. The van der Waals surface area contributed by atoms with Gasteiger partial charge in [-0.2, -0.15) is 0 Å². The Morgan fingerprint density at radius 1 is 1.35 bits per heavy atom. The number of rotatable bonds is 4. The topological polar surface area (TPSA) is 95.7 Å². The van der Waals surface area contributed by atoms with Gasteiger partial charge in [0.25, 0.3) is 5.91 Å². The molecular formula is C17H17F2N3O4. The van der Waals surface area contributed by atoms with Crippen molar-refractivity contribution in [1.29, 1.82) is 0 Å². The number of nitrogens with zero attached hydrogens (tertiary/aromatic N) is 2. The predicted octanol–water partition coefficient (Wildman–Crippen LogP) is 1.75. The van der Waals surface area contributed by atoms with Crippen molar-refractivity contribution in [2.24, 2.45) is 5.92 Å². The van der Waals surface area contributed by atoms with Crippen molar-refractivity contribution >= 4 is 11.9 Å². The number of halogens is 2. The average molecular weight is 365 g/mol. The molecular weight excluding hydrogens is 348 g/mol. The summed E-state index contributed by atoms with van der Waals surface area (Å²) < 4.78 is 31.8. The molecule has 138 valence electrons. The van der Waals surface area contributed by atoms with Crippen molar-refractivity contribution in [3.63, 3.8) is 0 Å². The molecule has 2 unspecified atom stereocenters. The highest BCUT2D eigenvalue weighted by Gasteiger charge is 2.34. The molecule has 2 atom stereocenters. The van der Waals surface area contributed by atoms with Gasteiger partial charge in [-0.15, -0.1) is 0 Å². The van der Waals surface area contributed by atoms with E-state index in [9.17, 15) is 23.5 Å². The molecule has 0 spiro atoms. The predicted molar refractivity (Wildman–Crippen MR) is 86.3 cm³/mol. The quantitative estimate of drug-likeness (QED) is 0.857. The van der Waals surface area contributed by atoms with Gasteiger partial charge in [0.1, 0.15) is 11.6 Å². The molecule has 1 aromatic carbocycles. The molecule has 9 heteroatoms. The van der Waals surface area contributed by atoms with Gasteiger partial charge >= 0.3 is 5.97 Å². The van der Waals surface area contributed by atoms with Crippen molar-refractivity contribution in [3.05, 3.63) is 41.6 Å². The van der Waals surface area contributed by atoms with Gasteiger partial charge in [0.05, 0.1) is 11.5 Å². The van der Waals surface area contributed by atoms with E-state index in [1.165, 1.54) is 12.1 Å². The highest BCUT2D eigenvalue weighted by molar-refractivity contribution is 5.93. The number of likely N-dealkylation sites (tertiary alicyclic amines) is 1. The van der Waals surface area contributed by atoms with E-state index in [0.717, 1.165) is 6.07 Å². The second-order valence-electron chi connectivity index (χ2n) is 6.28. The number of carbonyl (C=O) groups excluding carboxylic acids is 1. The minimum absolute atomic E-state index is 0.0224. The molecule has 2 N–H and O–H groups in total. The largest absolute Gasteiger partial charge is 0.481 e. The van der Waals surface area contributed by atoms with E-state index in [4.69, 9.17) is 4.52 Å². The number of piperidine rings is 1. The first-order chi connectivity index (χ1) is 12.3. The minimum atomic E-state index is -0.990. The summed E-state index contributed by atoms with van der Waals surface area (Å²) in [7, 11) is 1.81. The van der Waals surface area contributed by atoms with Crippen LogP contribution in [0.1, 0.15) is 16.9 Å². The van der Waals surface area contributed by atoms with Crippen molar-refractivity contribution in [2.45, 2.75) is 12.5 Å². The van der Waals surface area contributed by atoms with Crippen molar-refractivity contribution in [2.75, 3.05) is 20.1 Å². The second kappa shape index (κ2) is 7.20. The Balaban J connectivity index is 1.74. The van der Waals surface area contributed by atoms with Gasteiger partial charge in [-0.1, -0.05) is 5.16 Å². The molecule has 1 aromatic heterocycles. The molecule has 0 bridgehead atoms. The van der Waals surface area contributed by atoms with Crippen molar-refractivity contribution in [1.82, 2.24) is 15.4 Å². The first-order valence-corrected chi connectivity index (χ1v) is 7.99. The van der Waals surface area contributed by atoms with E-state index >= 15 is 0 Å². The van der Waals surface area contributed by atoms with Crippen LogP contribution in [0.4, 0.5) is 8.78 Å². The van der Waals surface area contributed by atoms with Crippen molar-refractivity contribution < 1.29 is 28.0 Å². The van der Waals surface area contributed by atoms with Crippen LogP contribution in [-0.2, 0) is 4.79 Å². The van der Waals surface area contributed by atoms with Crippen LogP contribution in [0.15, 0.2) is 28.8 Å². The Hall–Kier alpha value is -2.81. The molecule has 1 aliphatic heterocycles. The van der Waals surface area contributed by atoms with E-state index in [1.807, 2.05) is 11.9 Å². The zero-order chi connectivity index (χ0) is 18.8. The third-order valence-corrected chi connectivity index (χ3v) is 4.39. The molecule has 7 nitrogen and oxygen atoms in total. The average Bonchev–Trinajstić information content (AvgIpc) is 3.06. The molecule has 2 heterocycles. The van der Waals surface area contributed by atoms with Gasteiger partial charge in [0.15, 0.2) is 11.5 Å². The summed E-state index contributed by atoms with van der Waals surface area (Å²) >= 11 is 0. The summed E-state index contributed by atoms with van der Waals surface area (Å²) in [6.45, 7) is 0.977. The normalized spacial score (nSPS) is 20.7. The van der Waals surface area contributed by atoms with Crippen LogP contribution in [0.2, 0.25) is 0 Å². The molecule has 2 aromatic rings. The molecule has 3 rings (SSSR count). The Morgan fingerprint density at radius 3 is 2.81 bits per heavy atom. The molecule has 1 saturated heterocycles. The van der Waals surface area contributed by atoms with E-state index < -0.39 is 35.5 Å². The summed E-state index contributed by atoms with van der Waals surface area (Å²) in [5, 5.41) is 15.6. The fraction of sp³-hybridized carbons (Fsp3) is 0.353. The number of nitrogens with one attached hydrogen (secondary N) is 1. The standard InChI is InChI=1S/C17H17F2N3O4/c1-22-5-4-13(11(8-22)17(24)25)20-16(23)14-7-15(26-21-14)10-3-2-9(18)6-12(10)19/h2-3,6-7,11,13H,4-5,8H2,1H3,(H,20,23)(H,24,25). The fourth-order valence-corrected chi connectivity index (χ4v) is 2.98. The van der Waals surface area contributed by atoms with Gasteiger partial charge in [-0.25, -0.2) is 8.78 Å². The summed E-state index contributed by atoms with van der Waals surface area (Å²) in [5.74, 6) is -3.93. The van der Waals surface area contributed by atoms with Crippen LogP contribution in [0, 0.1) is 17.6 Å². The van der Waals surface area contributed by atoms with Gasteiger partial charge in [0.2, 0.25) is 0 Å². The Morgan fingerprint density at radius 2 is 2.12 bits per heavy atom. The van der Waals surface area contributed by atoms with Crippen LogP contribution in [0.3, 0.4) is 0 Å². The number of carbonyl (C=O) groups is 2. The lowest BCUT2D eigenvalue weighted by Crippen LogP contribution is -2.52. The summed E-state index contributed by atoms with van der Waals surface area (Å²) in [6.07, 6.45) is 0.483. The lowest BCUT2D eigenvalue weighted by atomic mass is 9.92. The number of hydrogen-bond donors (Lipinski definition) is 2. The molecule has 1 amide bonds. The van der Waals surface area contributed by atoms with Gasteiger partial charge < -0.3 is 19.8 Å². The third-order valence-electron chi connectivity index (χ3n) is 4.39. The maximum Gasteiger partial charge on any atom is 0.309 e. The third kappa shape index (κ3) is 3.72. The maximum absolute atomic E-state index is 13.8. The Kier molecular flexibility index (Phi) is 4.99. The number of amides is 1. The van der Waals surface area contributed by atoms with E-state index in [2.05, 4.69) is 10.5 Å².